The van der Waals surface area contributed by atoms with E-state index in [1.54, 1.807) is 0 Å². The molecule has 0 radical (unpaired) electrons. The van der Waals surface area contributed by atoms with Crippen molar-refractivity contribution in [3.05, 3.63) is 158 Å². The smallest absolute Gasteiger partial charge is 0.0631 e. The fraction of sp³-hybridized carbons (Fsp3) is 0.0667. The highest BCUT2D eigenvalue weighted by Crippen LogP contribution is 2.71. The number of aromatic nitrogens is 2. The van der Waals surface area contributed by atoms with Gasteiger partial charge in [-0.2, -0.15) is 10.0 Å². The van der Waals surface area contributed by atoms with Crippen LogP contribution >= 0.6 is 10.0 Å². The third-order valence-corrected chi connectivity index (χ3v) is 13.0. The zero-order valence-corrected chi connectivity index (χ0v) is 28.3. The van der Waals surface area contributed by atoms with Crippen LogP contribution in [0.3, 0.4) is 0 Å². The van der Waals surface area contributed by atoms with Gasteiger partial charge in [-0.15, -0.1) is 0 Å². The summed E-state index contributed by atoms with van der Waals surface area (Å²) in [5.41, 5.74) is 12.5. The van der Waals surface area contributed by atoms with E-state index < -0.39 is 10.0 Å². The summed E-state index contributed by atoms with van der Waals surface area (Å²) in [4.78, 5) is 2.93. The number of hydrogen-bond acceptors (Lipinski definition) is 0. The minimum Gasteiger partial charge on any atom is -0.309 e. The molecule has 0 saturated carbocycles. The van der Waals surface area contributed by atoms with Crippen molar-refractivity contribution in [1.82, 2.24) is 9.13 Å². The van der Waals surface area contributed by atoms with Crippen molar-refractivity contribution in [2.45, 2.75) is 16.7 Å². The summed E-state index contributed by atoms with van der Waals surface area (Å²) < 4.78 is 4.84. The monoisotopic (exact) mass is 636 g/mol. The topological polar surface area (TPSA) is 9.86 Å². The van der Waals surface area contributed by atoms with Crippen LogP contribution in [-0.2, 0) is 0 Å². The largest absolute Gasteiger partial charge is 0.309 e. The van der Waals surface area contributed by atoms with Crippen molar-refractivity contribution in [3.8, 4) is 27.9 Å². The van der Waals surface area contributed by atoms with Crippen LogP contribution in [0.5, 0.6) is 0 Å². The highest BCUT2D eigenvalue weighted by atomic mass is 32.3. The molecule has 2 aromatic heterocycles. The minimum atomic E-state index is -1.34. The van der Waals surface area contributed by atoms with Crippen molar-refractivity contribution >= 4 is 59.3 Å². The lowest BCUT2D eigenvalue weighted by molar-refractivity contribution is 1.18. The molecular weight excluding hydrogens is 601 g/mol. The Bertz CT molecular complexity index is 2660. The SMILES string of the molecule is C=C/C(=C\C=C/C)n1c2ccccc2c2cc(-c3cc4c5ccccc5n(-c5ccccc5)c4c4c3S(C)(C)c3ccccc3-4)ccc21. The number of nitrogens with zero attached hydrogens (tertiary/aromatic N) is 2. The third-order valence-electron chi connectivity index (χ3n) is 10.1. The van der Waals surface area contributed by atoms with E-state index in [1.165, 1.54) is 81.3 Å². The lowest BCUT2D eigenvalue weighted by Gasteiger charge is -2.30. The quantitative estimate of drug-likeness (QED) is 0.166. The number of allylic oxidation sites excluding steroid dienone is 5. The lowest BCUT2D eigenvalue weighted by atomic mass is 9.94. The van der Waals surface area contributed by atoms with Gasteiger partial charge in [0.2, 0.25) is 0 Å². The molecule has 6 aromatic carbocycles. The number of rotatable bonds is 5. The van der Waals surface area contributed by atoms with Gasteiger partial charge in [0.15, 0.2) is 0 Å². The van der Waals surface area contributed by atoms with Gasteiger partial charge in [0.1, 0.15) is 0 Å². The first-order chi connectivity index (χ1) is 23.5. The zero-order chi connectivity index (χ0) is 32.6. The zero-order valence-electron chi connectivity index (χ0n) is 27.4. The highest BCUT2D eigenvalue weighted by molar-refractivity contribution is 8.33. The molecule has 2 nitrogen and oxygen atoms in total. The average Bonchev–Trinajstić information content (AvgIpc) is 3.72. The van der Waals surface area contributed by atoms with Crippen LogP contribution in [0.2, 0.25) is 0 Å². The predicted octanol–water partition coefficient (Wildman–Crippen LogP) is 12.6. The molecular formula is C45H36N2S. The molecule has 0 aliphatic carbocycles. The molecule has 1 aliphatic heterocycles. The molecule has 0 spiro atoms. The molecule has 48 heavy (non-hydrogen) atoms. The Labute approximate surface area is 282 Å². The molecule has 0 unspecified atom stereocenters. The fourth-order valence-electron chi connectivity index (χ4n) is 8.02. The van der Waals surface area contributed by atoms with E-state index in [1.807, 2.05) is 13.0 Å². The third kappa shape index (κ3) is 3.95. The van der Waals surface area contributed by atoms with Gasteiger partial charge in [0.05, 0.1) is 22.1 Å². The summed E-state index contributed by atoms with van der Waals surface area (Å²) in [6.45, 7) is 6.22. The van der Waals surface area contributed by atoms with Gasteiger partial charge >= 0.3 is 0 Å². The molecule has 0 atom stereocenters. The Morgan fingerprint density at radius 2 is 1.31 bits per heavy atom. The summed E-state index contributed by atoms with van der Waals surface area (Å²) in [5.74, 6) is 0. The molecule has 0 N–H and O–H groups in total. The van der Waals surface area contributed by atoms with Gasteiger partial charge in [-0.3, -0.25) is 0 Å². The average molecular weight is 637 g/mol. The van der Waals surface area contributed by atoms with Crippen LogP contribution in [0.1, 0.15) is 6.92 Å². The van der Waals surface area contributed by atoms with Gasteiger partial charge in [0.25, 0.3) is 0 Å². The van der Waals surface area contributed by atoms with Crippen molar-refractivity contribution in [1.29, 1.82) is 0 Å². The number of fused-ring (bicyclic) bond motifs is 10. The Morgan fingerprint density at radius 1 is 0.646 bits per heavy atom. The normalized spacial score (nSPS) is 14.7. The molecule has 3 heterocycles. The van der Waals surface area contributed by atoms with Gasteiger partial charge in [0, 0.05) is 48.3 Å². The lowest BCUT2D eigenvalue weighted by Crippen LogP contribution is -1.99. The van der Waals surface area contributed by atoms with Gasteiger partial charge in [-0.1, -0.05) is 97.6 Å². The van der Waals surface area contributed by atoms with Gasteiger partial charge in [-0.25, -0.2) is 0 Å². The maximum Gasteiger partial charge on any atom is 0.0631 e. The van der Waals surface area contributed by atoms with E-state index >= 15 is 0 Å². The molecule has 232 valence electrons. The maximum absolute atomic E-state index is 4.18. The van der Waals surface area contributed by atoms with Gasteiger partial charge in [-0.05, 0) is 96.8 Å². The first kappa shape index (κ1) is 28.7. The number of hydrogen-bond donors (Lipinski definition) is 0. The van der Waals surface area contributed by atoms with Crippen LogP contribution in [0.15, 0.2) is 168 Å². The molecule has 8 aromatic rings. The molecule has 9 rings (SSSR count). The maximum atomic E-state index is 4.18. The molecule has 1 aliphatic rings. The minimum absolute atomic E-state index is 1.06. The van der Waals surface area contributed by atoms with Crippen molar-refractivity contribution < 1.29 is 0 Å². The summed E-state index contributed by atoms with van der Waals surface area (Å²) in [6, 6.07) is 47.2. The van der Waals surface area contributed by atoms with Crippen molar-refractivity contribution in [2.75, 3.05) is 12.5 Å². The molecule has 0 bridgehead atoms. The van der Waals surface area contributed by atoms with E-state index in [0.717, 1.165) is 5.70 Å². The van der Waals surface area contributed by atoms with Crippen LogP contribution in [-0.4, -0.2) is 21.6 Å². The van der Waals surface area contributed by atoms with Crippen molar-refractivity contribution in [2.24, 2.45) is 0 Å². The summed E-state index contributed by atoms with van der Waals surface area (Å²) in [5, 5.41) is 5.07. The Morgan fingerprint density at radius 3 is 2.08 bits per heavy atom. The number of para-hydroxylation sites is 3. The molecule has 0 amide bonds. The highest BCUT2D eigenvalue weighted by Gasteiger charge is 2.37. The Kier molecular flexibility index (Phi) is 6.43. The predicted molar refractivity (Wildman–Crippen MR) is 210 cm³/mol. The van der Waals surface area contributed by atoms with E-state index in [4.69, 9.17) is 0 Å². The molecule has 0 fully saturated rings. The van der Waals surface area contributed by atoms with E-state index in [9.17, 15) is 0 Å². The van der Waals surface area contributed by atoms with E-state index in [2.05, 4.69) is 174 Å². The summed E-state index contributed by atoms with van der Waals surface area (Å²) in [7, 11) is -1.34. The van der Waals surface area contributed by atoms with Gasteiger partial charge < -0.3 is 9.13 Å². The van der Waals surface area contributed by atoms with Crippen LogP contribution in [0.25, 0.3) is 77.2 Å². The Balaban J connectivity index is 1.43. The number of benzene rings is 6. The second kappa shape index (κ2) is 10.8. The summed E-state index contributed by atoms with van der Waals surface area (Å²) in [6.07, 6.45) is 13.2. The second-order valence-electron chi connectivity index (χ2n) is 12.9. The molecule has 0 saturated heterocycles. The molecule has 3 heteroatoms. The van der Waals surface area contributed by atoms with E-state index in [-0.39, 0.29) is 0 Å². The standard InChI is InChI=1S/C45H36N2S/c1-5-7-17-31(6-2)46-39-23-14-11-20-33(39)37-28-30(26-27-41(37)46)36-29-38-34-21-12-15-24-40(34)47(32-18-9-8-10-19-32)44(38)43-35-22-13-16-25-42(35)48(3,4)45(36)43/h5-29H,2H2,1,3-4H3/b7-5-,31-17+. The van der Waals surface area contributed by atoms with E-state index in [0.29, 0.717) is 0 Å². The van der Waals surface area contributed by atoms with Crippen LogP contribution in [0.4, 0.5) is 0 Å². The van der Waals surface area contributed by atoms with Crippen LogP contribution in [0, 0.1) is 0 Å². The Hall–Kier alpha value is -5.51. The summed E-state index contributed by atoms with van der Waals surface area (Å²) >= 11 is 0. The fourth-order valence-corrected chi connectivity index (χ4v) is 10.8. The first-order valence-electron chi connectivity index (χ1n) is 16.5. The van der Waals surface area contributed by atoms with Crippen LogP contribution < -0.4 is 0 Å². The first-order valence-corrected chi connectivity index (χ1v) is 19.0. The second-order valence-corrected chi connectivity index (χ2v) is 16.4. The van der Waals surface area contributed by atoms with Crippen molar-refractivity contribution in [3.63, 3.8) is 0 Å².